The monoisotopic (exact) mass is 396 g/mol. The maximum atomic E-state index is 9.51. The van der Waals surface area contributed by atoms with E-state index >= 15 is 0 Å². The largest absolute Gasteiger partial charge is 0.478 e. The summed E-state index contributed by atoms with van der Waals surface area (Å²) in [6.07, 6.45) is 2.14. The molecule has 68 valence electrons. The molecule has 0 spiro atoms. The molecule has 0 aliphatic carbocycles. The molecule has 0 bridgehead atoms. The lowest BCUT2D eigenvalue weighted by atomic mass is 10.7. The number of hydrogen-bond acceptors (Lipinski definition) is 2. The molecule has 4 nitrogen and oxygen atoms in total. The van der Waals surface area contributed by atoms with Crippen LogP contribution >= 0.6 is 45.2 Å². The van der Waals surface area contributed by atoms with Gasteiger partial charge in [0, 0.05) is 12.2 Å². The second-order valence-electron chi connectivity index (χ2n) is 1.26. The molecule has 0 saturated carbocycles. The summed E-state index contributed by atoms with van der Waals surface area (Å²) in [4.78, 5) is 19.0. The van der Waals surface area contributed by atoms with Crippen LogP contribution in [0.1, 0.15) is 0 Å². The van der Waals surface area contributed by atoms with Gasteiger partial charge in [-0.3, -0.25) is 0 Å². The first-order valence-corrected chi connectivity index (χ1v) is 5.03. The first-order chi connectivity index (χ1) is 5.54. The quantitative estimate of drug-likeness (QED) is 0.554. The molecule has 0 aliphatic heterocycles. The zero-order valence-electron chi connectivity index (χ0n) is 5.78. The summed E-state index contributed by atoms with van der Waals surface area (Å²) in [5, 5.41) is 15.6. The van der Waals surface area contributed by atoms with Crippen molar-refractivity contribution in [3.63, 3.8) is 0 Å². The molecular weight excluding hydrogens is 390 g/mol. The van der Waals surface area contributed by atoms with Crippen LogP contribution in [0.4, 0.5) is 0 Å². The maximum absolute atomic E-state index is 9.51. The Bertz CT molecular complexity index is 176. The van der Waals surface area contributed by atoms with Crippen LogP contribution in [0, 0.1) is 0 Å². The van der Waals surface area contributed by atoms with Crippen LogP contribution in [-0.2, 0) is 9.59 Å². The summed E-state index contributed by atoms with van der Waals surface area (Å²) in [5.74, 6) is -1.80. The molecule has 0 saturated heterocycles. The summed E-state index contributed by atoms with van der Waals surface area (Å²) in [5.41, 5.74) is 0. The SMILES string of the molecule is O=C(O)/C=C/I.O=C(O)/C=C\I. The number of aliphatic carboxylic acids is 2. The van der Waals surface area contributed by atoms with Crippen molar-refractivity contribution in [2.45, 2.75) is 0 Å². The van der Waals surface area contributed by atoms with Gasteiger partial charge in [-0.1, -0.05) is 45.2 Å². The molecule has 0 fully saturated rings. The molecule has 0 aromatic rings. The van der Waals surface area contributed by atoms with E-state index in [1.54, 1.807) is 0 Å². The van der Waals surface area contributed by atoms with Gasteiger partial charge in [-0.2, -0.15) is 0 Å². The Morgan fingerprint density at radius 3 is 1.17 bits per heavy atom. The minimum Gasteiger partial charge on any atom is -0.478 e. The number of rotatable bonds is 2. The molecule has 0 rings (SSSR count). The van der Waals surface area contributed by atoms with Crippen LogP contribution in [0.25, 0.3) is 0 Å². The molecule has 0 atom stereocenters. The highest BCUT2D eigenvalue weighted by atomic mass is 127. The first kappa shape index (κ1) is 14.4. The smallest absolute Gasteiger partial charge is 0.328 e. The second-order valence-corrected chi connectivity index (χ2v) is 2.70. The van der Waals surface area contributed by atoms with E-state index in [0.717, 1.165) is 12.2 Å². The minimum absolute atomic E-state index is 0.899. The molecule has 0 radical (unpaired) electrons. The third kappa shape index (κ3) is 22.5. The Morgan fingerprint density at radius 2 is 1.17 bits per heavy atom. The molecule has 0 aromatic carbocycles. The highest BCUT2D eigenvalue weighted by Gasteiger charge is 1.78. The number of carboxylic acids is 2. The standard InChI is InChI=1S/2C3H3IO2/c2*4-2-1-3(5)6/h2*1-2H,(H,5,6)/b2-1+;2-1-. The summed E-state index contributed by atoms with van der Waals surface area (Å²) in [7, 11) is 0. The van der Waals surface area contributed by atoms with Gasteiger partial charge in [0.25, 0.3) is 0 Å². The summed E-state index contributed by atoms with van der Waals surface area (Å²) < 4.78 is 2.89. The highest BCUT2D eigenvalue weighted by Crippen LogP contribution is 1.81. The van der Waals surface area contributed by atoms with E-state index in [4.69, 9.17) is 10.2 Å². The van der Waals surface area contributed by atoms with Crippen molar-refractivity contribution in [3.8, 4) is 0 Å². The van der Waals surface area contributed by atoms with E-state index in [-0.39, 0.29) is 0 Å². The zero-order valence-corrected chi connectivity index (χ0v) is 10.1. The van der Waals surface area contributed by atoms with Gasteiger partial charge in [0.1, 0.15) is 0 Å². The number of carbonyl (C=O) groups is 2. The van der Waals surface area contributed by atoms with E-state index in [1.807, 2.05) is 45.2 Å². The molecule has 0 aromatic heterocycles. The average molecular weight is 396 g/mol. The van der Waals surface area contributed by atoms with Gasteiger partial charge in [0.05, 0.1) is 0 Å². The van der Waals surface area contributed by atoms with Crippen LogP contribution in [0.15, 0.2) is 20.3 Å². The van der Waals surface area contributed by atoms with E-state index in [1.165, 1.54) is 8.17 Å². The fourth-order valence-corrected chi connectivity index (χ4v) is 0.723. The van der Waals surface area contributed by atoms with E-state index in [9.17, 15) is 9.59 Å². The minimum atomic E-state index is -0.899. The van der Waals surface area contributed by atoms with Gasteiger partial charge < -0.3 is 10.2 Å². The molecular formula is C6H6I2O4. The lowest BCUT2D eigenvalue weighted by Gasteiger charge is -1.67. The van der Waals surface area contributed by atoms with Crippen molar-refractivity contribution in [2.75, 3.05) is 0 Å². The van der Waals surface area contributed by atoms with Crippen LogP contribution in [0.5, 0.6) is 0 Å². The van der Waals surface area contributed by atoms with Crippen molar-refractivity contribution in [3.05, 3.63) is 20.3 Å². The topological polar surface area (TPSA) is 74.6 Å². The molecule has 0 amide bonds. The third-order valence-electron chi connectivity index (χ3n) is 0.411. The Balaban J connectivity index is 0. The molecule has 12 heavy (non-hydrogen) atoms. The molecule has 0 unspecified atom stereocenters. The third-order valence-corrected chi connectivity index (χ3v) is 1.13. The van der Waals surface area contributed by atoms with Crippen molar-refractivity contribution in [2.24, 2.45) is 0 Å². The predicted molar refractivity (Wildman–Crippen MR) is 61.6 cm³/mol. The number of carboxylic acid groups (broad SMARTS) is 2. The first-order valence-electron chi connectivity index (χ1n) is 2.54. The van der Waals surface area contributed by atoms with Gasteiger partial charge >= 0.3 is 11.9 Å². The predicted octanol–water partition coefficient (Wildman–Crippen LogP) is 2.04. The van der Waals surface area contributed by atoms with Crippen molar-refractivity contribution < 1.29 is 19.8 Å². The van der Waals surface area contributed by atoms with Gasteiger partial charge in [0.2, 0.25) is 0 Å². The van der Waals surface area contributed by atoms with Crippen molar-refractivity contribution in [1.29, 1.82) is 0 Å². The van der Waals surface area contributed by atoms with E-state index in [0.29, 0.717) is 0 Å². The van der Waals surface area contributed by atoms with Gasteiger partial charge in [-0.15, -0.1) is 0 Å². The Kier molecular flexibility index (Phi) is 13.1. The second kappa shape index (κ2) is 10.9. The highest BCUT2D eigenvalue weighted by molar-refractivity contribution is 14.1. The van der Waals surface area contributed by atoms with Crippen molar-refractivity contribution in [1.82, 2.24) is 0 Å². The average Bonchev–Trinajstić information content (AvgIpc) is 1.87. The maximum Gasteiger partial charge on any atom is 0.328 e. The lowest BCUT2D eigenvalue weighted by molar-refractivity contribution is -0.132. The fraction of sp³-hybridized carbons (Fsp3) is 0. The Hall–Kier alpha value is -0.120. The van der Waals surface area contributed by atoms with Crippen LogP contribution in [0.3, 0.4) is 0 Å². The van der Waals surface area contributed by atoms with E-state index in [2.05, 4.69) is 0 Å². The van der Waals surface area contributed by atoms with Gasteiger partial charge in [0.15, 0.2) is 0 Å². The van der Waals surface area contributed by atoms with Crippen LogP contribution in [0.2, 0.25) is 0 Å². The lowest BCUT2D eigenvalue weighted by Crippen LogP contribution is -1.83. The van der Waals surface area contributed by atoms with Crippen LogP contribution < -0.4 is 0 Å². The van der Waals surface area contributed by atoms with Gasteiger partial charge in [-0.25, -0.2) is 9.59 Å². The molecule has 6 heteroatoms. The Morgan fingerprint density at radius 1 is 0.917 bits per heavy atom. The van der Waals surface area contributed by atoms with Crippen LogP contribution in [-0.4, -0.2) is 22.2 Å². The van der Waals surface area contributed by atoms with Crippen molar-refractivity contribution >= 4 is 57.1 Å². The zero-order chi connectivity index (χ0) is 9.98. The Labute approximate surface area is 96.6 Å². The molecule has 2 N–H and O–H groups in total. The molecule has 0 aliphatic rings. The summed E-state index contributed by atoms with van der Waals surface area (Å²) >= 11 is 3.68. The normalized spacial score (nSPS) is 9.50. The fourth-order valence-electron chi connectivity index (χ4n) is 0.108. The number of halogens is 2. The summed E-state index contributed by atoms with van der Waals surface area (Å²) in [6.45, 7) is 0. The van der Waals surface area contributed by atoms with Gasteiger partial charge in [-0.05, 0) is 8.17 Å². The molecule has 0 heterocycles. The number of hydrogen-bond donors (Lipinski definition) is 2. The summed E-state index contributed by atoms with van der Waals surface area (Å²) in [6, 6.07) is 0. The van der Waals surface area contributed by atoms with E-state index < -0.39 is 11.9 Å².